The van der Waals surface area contributed by atoms with Crippen molar-refractivity contribution < 1.29 is 19.4 Å². The van der Waals surface area contributed by atoms with E-state index in [-0.39, 0.29) is 12.5 Å². The number of nitrogens with one attached hydrogen (secondary N) is 1. The lowest BCUT2D eigenvalue weighted by Crippen LogP contribution is -2.43. The maximum atomic E-state index is 11.6. The third-order valence-electron chi connectivity index (χ3n) is 5.14. The number of fused-ring (bicyclic) bond motifs is 2. The number of rotatable bonds is 4. The molecule has 0 amide bonds. The number of likely N-dealkylation sites (N-methyl/N-ethyl adjacent to an activating group) is 1. The number of hydrogen-bond donors (Lipinski definition) is 2. The Morgan fingerprint density at radius 1 is 1.38 bits per heavy atom. The average Bonchev–Trinajstić information content (AvgIpc) is 3.04. The van der Waals surface area contributed by atoms with Gasteiger partial charge in [-0.1, -0.05) is 18.2 Å². The predicted octanol–water partition coefficient (Wildman–Crippen LogP) is 2.22. The maximum absolute atomic E-state index is 11.6. The Balaban J connectivity index is 1.58. The van der Waals surface area contributed by atoms with Crippen molar-refractivity contribution in [1.29, 1.82) is 0 Å². The van der Waals surface area contributed by atoms with Crippen molar-refractivity contribution in [3.05, 3.63) is 53.8 Å². The Morgan fingerprint density at radius 3 is 3.04 bits per heavy atom. The van der Waals surface area contributed by atoms with Crippen LogP contribution in [0.4, 0.5) is 0 Å². The number of ether oxygens (including phenoxy) is 1. The number of hydrogen-bond acceptors (Lipinski definition) is 4. The molecule has 0 bridgehead atoms. The Bertz CT molecular complexity index is 940. The van der Waals surface area contributed by atoms with Crippen LogP contribution >= 0.6 is 0 Å². The molecule has 1 aliphatic carbocycles. The van der Waals surface area contributed by atoms with Crippen LogP contribution in [0.5, 0.6) is 0 Å². The molecule has 0 unspecified atom stereocenters. The first kappa shape index (κ1) is 16.6. The summed E-state index contributed by atoms with van der Waals surface area (Å²) in [5, 5.41) is 9.85. The van der Waals surface area contributed by atoms with Gasteiger partial charge in [-0.2, -0.15) is 0 Å². The first-order valence-corrected chi connectivity index (χ1v) is 8.62. The van der Waals surface area contributed by atoms with Crippen LogP contribution < -0.4 is 0 Å². The van der Waals surface area contributed by atoms with E-state index in [1.165, 1.54) is 22.1 Å². The molecule has 1 aliphatic heterocycles. The number of benzene rings is 1. The van der Waals surface area contributed by atoms with Crippen molar-refractivity contribution in [3.8, 4) is 0 Å². The molecule has 2 heterocycles. The number of nitrogens with zero attached hydrogens (tertiary/aromatic N) is 1. The fourth-order valence-electron chi connectivity index (χ4n) is 4.03. The molecular weight excluding hydrogens is 332 g/mol. The molecule has 1 aromatic heterocycles. The molecule has 6 nitrogen and oxygen atoms in total. The Hall–Kier alpha value is -2.86. The molecule has 26 heavy (non-hydrogen) atoms. The maximum Gasteiger partial charge on any atom is 0.331 e. The second kappa shape index (κ2) is 6.46. The highest BCUT2D eigenvalue weighted by atomic mass is 16.5. The molecule has 2 aromatic rings. The molecular formula is C20H20N2O4. The number of carboxylic acid groups (broad SMARTS) is 1. The highest BCUT2D eigenvalue weighted by Gasteiger charge is 2.33. The SMILES string of the molecule is CN1C[C@H](COC(=O)/C=C\C(=O)O)C=C2c3cccc4[nH]cc(c34)C[C@H]21. The van der Waals surface area contributed by atoms with E-state index in [9.17, 15) is 9.59 Å². The smallest absolute Gasteiger partial charge is 0.331 e. The summed E-state index contributed by atoms with van der Waals surface area (Å²) in [6.45, 7) is 1.03. The summed E-state index contributed by atoms with van der Waals surface area (Å²) >= 11 is 0. The van der Waals surface area contributed by atoms with E-state index < -0.39 is 11.9 Å². The summed E-state index contributed by atoms with van der Waals surface area (Å²) in [6.07, 6.45) is 7.01. The third kappa shape index (κ3) is 2.93. The molecule has 0 saturated carbocycles. The van der Waals surface area contributed by atoms with Gasteiger partial charge in [0.25, 0.3) is 0 Å². The van der Waals surface area contributed by atoms with Crippen LogP contribution in [0.2, 0.25) is 0 Å². The topological polar surface area (TPSA) is 82.6 Å². The van der Waals surface area contributed by atoms with Gasteiger partial charge in [0.15, 0.2) is 0 Å². The van der Waals surface area contributed by atoms with Gasteiger partial charge >= 0.3 is 11.9 Å². The molecule has 0 fully saturated rings. The van der Waals surface area contributed by atoms with Crippen LogP contribution in [0, 0.1) is 5.92 Å². The zero-order chi connectivity index (χ0) is 18.3. The summed E-state index contributed by atoms with van der Waals surface area (Å²) in [7, 11) is 2.09. The van der Waals surface area contributed by atoms with E-state index in [0.717, 1.165) is 30.6 Å². The van der Waals surface area contributed by atoms with Crippen LogP contribution in [0.3, 0.4) is 0 Å². The zero-order valence-electron chi connectivity index (χ0n) is 14.4. The van der Waals surface area contributed by atoms with E-state index in [0.29, 0.717) is 6.04 Å². The molecule has 134 valence electrons. The van der Waals surface area contributed by atoms with E-state index in [1.807, 2.05) is 0 Å². The largest absolute Gasteiger partial charge is 0.478 e. The molecule has 0 saturated heterocycles. The summed E-state index contributed by atoms with van der Waals surface area (Å²) in [5.41, 5.74) is 5.00. The molecule has 2 aliphatic rings. The summed E-state index contributed by atoms with van der Waals surface area (Å²) in [6, 6.07) is 6.61. The van der Waals surface area contributed by atoms with Gasteiger partial charge in [-0.3, -0.25) is 4.90 Å². The Labute approximate surface area is 150 Å². The molecule has 6 heteroatoms. The number of carboxylic acids is 1. The van der Waals surface area contributed by atoms with Gasteiger partial charge in [-0.15, -0.1) is 0 Å². The zero-order valence-corrected chi connectivity index (χ0v) is 14.4. The van der Waals surface area contributed by atoms with Crippen LogP contribution in [0.1, 0.15) is 11.1 Å². The van der Waals surface area contributed by atoms with Crippen molar-refractivity contribution in [2.45, 2.75) is 12.5 Å². The van der Waals surface area contributed by atoms with Crippen LogP contribution in [-0.2, 0) is 20.7 Å². The normalized spacial score (nSPS) is 22.3. The fraction of sp³-hybridized carbons (Fsp3) is 0.300. The minimum Gasteiger partial charge on any atom is -0.478 e. The van der Waals surface area contributed by atoms with Gasteiger partial charge in [0, 0.05) is 47.8 Å². The van der Waals surface area contributed by atoms with Crippen molar-refractivity contribution in [2.75, 3.05) is 20.2 Å². The van der Waals surface area contributed by atoms with Crippen molar-refractivity contribution in [3.63, 3.8) is 0 Å². The number of aliphatic carboxylic acids is 1. The van der Waals surface area contributed by atoms with Gasteiger partial charge < -0.3 is 14.8 Å². The fourth-order valence-corrected chi connectivity index (χ4v) is 4.03. The Morgan fingerprint density at radius 2 is 2.23 bits per heavy atom. The lowest BCUT2D eigenvalue weighted by Gasteiger charge is -2.39. The molecule has 2 atom stereocenters. The first-order chi connectivity index (χ1) is 12.5. The molecule has 1 aromatic carbocycles. The number of carbonyl (C=O) groups excluding carboxylic acids is 1. The molecule has 2 N–H and O–H groups in total. The van der Waals surface area contributed by atoms with Crippen molar-refractivity contribution in [2.24, 2.45) is 5.92 Å². The number of esters is 1. The molecule has 0 spiro atoms. The minimum atomic E-state index is -1.16. The second-order valence-corrected chi connectivity index (χ2v) is 6.89. The molecule has 0 radical (unpaired) electrons. The lowest BCUT2D eigenvalue weighted by molar-refractivity contribution is -0.139. The standard InChI is InChI=1S/C20H20N2O4/c1-22-10-12(11-26-19(25)6-5-18(23)24)7-15-14-3-2-4-16-20(14)13(9-21-16)8-17(15)22/h2-7,9,12,17,21H,8,10-11H2,1H3,(H,23,24)/b6-5-/t12-,17-/m1/s1. The first-order valence-electron chi connectivity index (χ1n) is 8.62. The highest BCUT2D eigenvalue weighted by Crippen LogP contribution is 2.40. The van der Waals surface area contributed by atoms with Gasteiger partial charge in [0.2, 0.25) is 0 Å². The quantitative estimate of drug-likeness (QED) is 0.651. The van der Waals surface area contributed by atoms with E-state index in [4.69, 9.17) is 9.84 Å². The van der Waals surface area contributed by atoms with Gasteiger partial charge in [0.05, 0.1) is 6.61 Å². The summed E-state index contributed by atoms with van der Waals surface area (Å²) in [5.74, 6) is -1.72. The molecule has 4 rings (SSSR count). The lowest BCUT2D eigenvalue weighted by atomic mass is 9.80. The van der Waals surface area contributed by atoms with E-state index >= 15 is 0 Å². The van der Waals surface area contributed by atoms with Crippen LogP contribution in [0.25, 0.3) is 16.5 Å². The number of aromatic amines is 1. The third-order valence-corrected chi connectivity index (χ3v) is 5.14. The van der Waals surface area contributed by atoms with Crippen LogP contribution in [-0.4, -0.2) is 53.2 Å². The average molecular weight is 352 g/mol. The Kier molecular flexibility index (Phi) is 4.12. The van der Waals surface area contributed by atoms with Crippen LogP contribution in [0.15, 0.2) is 42.6 Å². The number of carbonyl (C=O) groups is 2. The van der Waals surface area contributed by atoms with Gasteiger partial charge in [-0.25, -0.2) is 9.59 Å². The monoisotopic (exact) mass is 352 g/mol. The summed E-state index contributed by atoms with van der Waals surface area (Å²) < 4.78 is 5.22. The van der Waals surface area contributed by atoms with Crippen molar-refractivity contribution >= 4 is 28.4 Å². The highest BCUT2D eigenvalue weighted by molar-refractivity contribution is 5.98. The number of aromatic nitrogens is 1. The minimum absolute atomic E-state index is 0.0733. The summed E-state index contributed by atoms with van der Waals surface area (Å²) in [4.78, 5) is 27.7. The second-order valence-electron chi connectivity index (χ2n) is 6.89. The van der Waals surface area contributed by atoms with E-state index in [2.05, 4.69) is 47.4 Å². The predicted molar refractivity (Wildman–Crippen MR) is 97.6 cm³/mol. The van der Waals surface area contributed by atoms with Crippen molar-refractivity contribution in [1.82, 2.24) is 9.88 Å². The van der Waals surface area contributed by atoms with Gasteiger partial charge in [-0.05, 0) is 36.2 Å². The van der Waals surface area contributed by atoms with E-state index in [1.54, 1.807) is 0 Å². The number of H-pyrrole nitrogens is 1. The van der Waals surface area contributed by atoms with Gasteiger partial charge in [0.1, 0.15) is 0 Å².